The van der Waals surface area contributed by atoms with Gasteiger partial charge < -0.3 is 15.0 Å². The number of H-pyrrole nitrogens is 1. The van der Waals surface area contributed by atoms with Crippen molar-refractivity contribution in [1.82, 2.24) is 15.0 Å². The zero-order valence-electron chi connectivity index (χ0n) is 13.2. The Morgan fingerprint density at radius 2 is 2.00 bits per heavy atom. The van der Waals surface area contributed by atoms with Crippen LogP contribution < -0.4 is 4.90 Å². The summed E-state index contributed by atoms with van der Waals surface area (Å²) >= 11 is 0. The number of fused-ring (bicyclic) bond motifs is 1. The molecule has 3 aromatic rings. The molecule has 0 atom stereocenters. The first-order valence-electron chi connectivity index (χ1n) is 7.38. The van der Waals surface area contributed by atoms with Crippen molar-refractivity contribution in [2.75, 3.05) is 11.9 Å². The second-order valence-corrected chi connectivity index (χ2v) is 5.71. The van der Waals surface area contributed by atoms with Crippen LogP contribution in [0.2, 0.25) is 0 Å². The van der Waals surface area contributed by atoms with E-state index in [1.165, 1.54) is 0 Å². The molecule has 3 rings (SSSR count). The van der Waals surface area contributed by atoms with Gasteiger partial charge in [-0.05, 0) is 38.1 Å². The van der Waals surface area contributed by atoms with Crippen LogP contribution in [-0.4, -0.2) is 39.1 Å². The maximum absolute atomic E-state index is 11.2. The lowest BCUT2D eigenvalue weighted by Gasteiger charge is -2.24. The van der Waals surface area contributed by atoms with Crippen molar-refractivity contribution in [2.24, 2.45) is 0 Å². The van der Waals surface area contributed by atoms with E-state index in [2.05, 4.69) is 23.8 Å². The summed E-state index contributed by atoms with van der Waals surface area (Å²) in [5, 5.41) is 9.15. The van der Waals surface area contributed by atoms with Crippen LogP contribution in [0.15, 0.2) is 36.7 Å². The average molecular weight is 310 g/mol. The Morgan fingerprint density at radius 1 is 1.22 bits per heavy atom. The van der Waals surface area contributed by atoms with Gasteiger partial charge in [0.1, 0.15) is 5.69 Å². The number of nitrogens with zero attached hydrogens (tertiary/aromatic N) is 3. The Balaban J connectivity index is 2.26. The van der Waals surface area contributed by atoms with E-state index < -0.39 is 5.97 Å². The Labute approximate surface area is 133 Å². The van der Waals surface area contributed by atoms with Gasteiger partial charge in [0, 0.05) is 31.0 Å². The highest BCUT2D eigenvalue weighted by Gasteiger charge is 2.17. The highest BCUT2D eigenvalue weighted by Crippen LogP contribution is 2.30. The molecular weight excluding hydrogens is 292 g/mol. The van der Waals surface area contributed by atoms with Gasteiger partial charge in [0.15, 0.2) is 5.82 Å². The molecule has 0 spiro atoms. The molecule has 0 bridgehead atoms. The molecule has 0 aliphatic carbocycles. The fourth-order valence-electron chi connectivity index (χ4n) is 2.33. The van der Waals surface area contributed by atoms with Crippen molar-refractivity contribution in [1.29, 1.82) is 0 Å². The number of benzene rings is 1. The van der Waals surface area contributed by atoms with E-state index in [4.69, 9.17) is 10.1 Å². The number of aromatic amines is 1. The highest BCUT2D eigenvalue weighted by atomic mass is 16.4. The van der Waals surface area contributed by atoms with Crippen LogP contribution in [0.1, 0.15) is 24.2 Å². The third kappa shape index (κ3) is 2.75. The van der Waals surface area contributed by atoms with Gasteiger partial charge >= 0.3 is 5.97 Å². The molecule has 1 aromatic carbocycles. The zero-order valence-corrected chi connectivity index (χ0v) is 13.2. The minimum atomic E-state index is -0.970. The minimum absolute atomic E-state index is 0.208. The van der Waals surface area contributed by atoms with Crippen molar-refractivity contribution < 1.29 is 9.90 Å². The molecular formula is C17H18N4O2. The van der Waals surface area contributed by atoms with Gasteiger partial charge in [-0.2, -0.15) is 0 Å². The number of hydrogen-bond donors (Lipinski definition) is 2. The Bertz CT molecular complexity index is 856. The SMILES string of the molecule is CC(C)N(C)c1nc2cc(C(=O)O)ccc2nc1-c1cc[nH]c1. The minimum Gasteiger partial charge on any atom is -0.478 e. The maximum Gasteiger partial charge on any atom is 0.335 e. The number of carboxylic acid groups (broad SMARTS) is 1. The number of aromatic carboxylic acids is 1. The van der Waals surface area contributed by atoms with Crippen LogP contribution >= 0.6 is 0 Å². The summed E-state index contributed by atoms with van der Waals surface area (Å²) in [7, 11) is 1.96. The molecule has 0 radical (unpaired) electrons. The fraction of sp³-hybridized carbons (Fsp3) is 0.235. The molecule has 6 heteroatoms. The molecule has 2 aromatic heterocycles. The van der Waals surface area contributed by atoms with Gasteiger partial charge in [0.2, 0.25) is 0 Å². The highest BCUT2D eigenvalue weighted by molar-refractivity contribution is 5.93. The molecule has 2 N–H and O–H groups in total. The number of anilines is 1. The average Bonchev–Trinajstić information content (AvgIpc) is 3.06. The molecule has 0 aliphatic heterocycles. The molecule has 0 aliphatic rings. The number of carboxylic acids is 1. The number of nitrogens with one attached hydrogen (secondary N) is 1. The van der Waals surface area contributed by atoms with E-state index in [1.54, 1.807) is 18.2 Å². The molecule has 0 amide bonds. The van der Waals surface area contributed by atoms with E-state index in [9.17, 15) is 4.79 Å². The lowest BCUT2D eigenvalue weighted by Crippen LogP contribution is -2.27. The van der Waals surface area contributed by atoms with E-state index >= 15 is 0 Å². The van der Waals surface area contributed by atoms with Crippen LogP contribution in [0.4, 0.5) is 5.82 Å². The number of rotatable bonds is 4. The van der Waals surface area contributed by atoms with Crippen molar-refractivity contribution >= 4 is 22.8 Å². The first-order valence-corrected chi connectivity index (χ1v) is 7.38. The van der Waals surface area contributed by atoms with Crippen LogP contribution in [0, 0.1) is 0 Å². The maximum atomic E-state index is 11.2. The molecule has 0 saturated heterocycles. The first kappa shape index (κ1) is 15.0. The predicted molar refractivity (Wildman–Crippen MR) is 89.8 cm³/mol. The second-order valence-electron chi connectivity index (χ2n) is 5.71. The van der Waals surface area contributed by atoms with E-state index in [-0.39, 0.29) is 11.6 Å². The normalized spacial score (nSPS) is 11.1. The van der Waals surface area contributed by atoms with Crippen molar-refractivity contribution in [2.45, 2.75) is 19.9 Å². The third-order valence-electron chi connectivity index (χ3n) is 3.87. The molecule has 118 valence electrons. The van der Waals surface area contributed by atoms with Crippen LogP contribution in [0.25, 0.3) is 22.3 Å². The van der Waals surface area contributed by atoms with Gasteiger partial charge in [-0.25, -0.2) is 14.8 Å². The van der Waals surface area contributed by atoms with Gasteiger partial charge in [-0.1, -0.05) is 0 Å². The van der Waals surface area contributed by atoms with E-state index in [1.807, 2.05) is 30.4 Å². The lowest BCUT2D eigenvalue weighted by molar-refractivity contribution is 0.0697. The van der Waals surface area contributed by atoms with Gasteiger partial charge in [0.25, 0.3) is 0 Å². The second kappa shape index (κ2) is 5.72. The Morgan fingerprint density at radius 3 is 2.61 bits per heavy atom. The third-order valence-corrected chi connectivity index (χ3v) is 3.87. The summed E-state index contributed by atoms with van der Waals surface area (Å²) in [6, 6.07) is 6.98. The molecule has 6 nitrogen and oxygen atoms in total. The number of carbonyl (C=O) groups is 1. The summed E-state index contributed by atoms with van der Waals surface area (Å²) < 4.78 is 0. The molecule has 0 unspecified atom stereocenters. The van der Waals surface area contributed by atoms with E-state index in [0.717, 1.165) is 17.1 Å². The van der Waals surface area contributed by atoms with Crippen LogP contribution in [-0.2, 0) is 0 Å². The summed E-state index contributed by atoms with van der Waals surface area (Å²) in [5.74, 6) is -0.239. The quantitative estimate of drug-likeness (QED) is 0.773. The Hall–Kier alpha value is -2.89. The summed E-state index contributed by atoms with van der Waals surface area (Å²) in [5.41, 5.74) is 3.18. The smallest absolute Gasteiger partial charge is 0.335 e. The van der Waals surface area contributed by atoms with Crippen LogP contribution in [0.3, 0.4) is 0 Å². The van der Waals surface area contributed by atoms with Gasteiger partial charge in [-0.3, -0.25) is 0 Å². The first-order chi connectivity index (χ1) is 11.0. The van der Waals surface area contributed by atoms with Crippen molar-refractivity contribution in [3.63, 3.8) is 0 Å². The standard InChI is InChI=1S/C17H18N4O2/c1-10(2)21(3)16-15(12-6-7-18-9-12)19-13-5-4-11(17(22)23)8-14(13)20-16/h4-10,18H,1-3H3,(H,22,23). The van der Waals surface area contributed by atoms with Crippen molar-refractivity contribution in [3.05, 3.63) is 42.2 Å². The largest absolute Gasteiger partial charge is 0.478 e. The lowest BCUT2D eigenvalue weighted by atomic mass is 10.1. The number of aromatic nitrogens is 3. The topological polar surface area (TPSA) is 82.1 Å². The fourth-order valence-corrected chi connectivity index (χ4v) is 2.33. The summed E-state index contributed by atoms with van der Waals surface area (Å²) in [6.45, 7) is 4.14. The monoisotopic (exact) mass is 310 g/mol. The summed E-state index contributed by atoms with van der Waals surface area (Å²) in [4.78, 5) is 25.6. The molecule has 2 heterocycles. The Kier molecular flexibility index (Phi) is 3.73. The molecule has 23 heavy (non-hydrogen) atoms. The van der Waals surface area contributed by atoms with E-state index in [0.29, 0.717) is 11.0 Å². The molecule has 0 fully saturated rings. The van der Waals surface area contributed by atoms with Crippen molar-refractivity contribution in [3.8, 4) is 11.3 Å². The number of hydrogen-bond acceptors (Lipinski definition) is 4. The van der Waals surface area contributed by atoms with Crippen LogP contribution in [0.5, 0.6) is 0 Å². The zero-order chi connectivity index (χ0) is 16.6. The van der Waals surface area contributed by atoms with Gasteiger partial charge in [-0.15, -0.1) is 0 Å². The molecule has 0 saturated carbocycles. The summed E-state index contributed by atoms with van der Waals surface area (Å²) in [6.07, 6.45) is 3.72. The predicted octanol–water partition coefficient (Wildman–Crippen LogP) is 3.17. The van der Waals surface area contributed by atoms with Gasteiger partial charge in [0.05, 0.1) is 16.6 Å².